The Morgan fingerprint density at radius 1 is 1.12 bits per heavy atom. The Bertz CT molecular complexity index is 1140. The van der Waals surface area contributed by atoms with Gasteiger partial charge in [0.15, 0.2) is 0 Å². The van der Waals surface area contributed by atoms with Crippen molar-refractivity contribution < 1.29 is 18.7 Å². The van der Waals surface area contributed by atoms with Crippen LogP contribution < -0.4 is 10.1 Å². The number of hydrogen-bond donors (Lipinski definition) is 1. The number of halogens is 1. The van der Waals surface area contributed by atoms with E-state index in [9.17, 15) is 14.0 Å². The van der Waals surface area contributed by atoms with Crippen LogP contribution in [0.5, 0.6) is 5.75 Å². The highest BCUT2D eigenvalue weighted by molar-refractivity contribution is 5.92. The van der Waals surface area contributed by atoms with Crippen molar-refractivity contribution in [3.8, 4) is 5.75 Å². The highest BCUT2D eigenvalue weighted by Gasteiger charge is 2.33. The van der Waals surface area contributed by atoms with Gasteiger partial charge < -0.3 is 24.4 Å². The molecule has 34 heavy (non-hydrogen) atoms. The maximum atomic E-state index is 14.0. The van der Waals surface area contributed by atoms with E-state index in [1.165, 1.54) is 17.0 Å². The number of nitrogens with one attached hydrogen (secondary N) is 1. The molecule has 1 aromatic heterocycles. The number of aromatic nitrogens is 1. The Kier molecular flexibility index (Phi) is 7.15. The average molecular weight is 465 g/mol. The molecule has 1 N–H and O–H groups in total. The predicted molar refractivity (Wildman–Crippen MR) is 128 cm³/mol. The van der Waals surface area contributed by atoms with Crippen molar-refractivity contribution in [2.45, 2.75) is 25.9 Å². The fourth-order valence-corrected chi connectivity index (χ4v) is 4.33. The quantitative estimate of drug-likeness (QED) is 0.560. The fourth-order valence-electron chi connectivity index (χ4n) is 4.33. The number of urea groups is 1. The number of nitrogens with zero attached hydrogens (tertiary/aromatic N) is 3. The van der Waals surface area contributed by atoms with Crippen molar-refractivity contribution in [1.82, 2.24) is 14.4 Å². The third-order valence-corrected chi connectivity index (χ3v) is 5.97. The second-order valence-electron chi connectivity index (χ2n) is 8.25. The summed E-state index contributed by atoms with van der Waals surface area (Å²) in [7, 11) is 1.58. The Morgan fingerprint density at radius 3 is 2.62 bits per heavy atom. The average Bonchev–Trinajstić information content (AvgIpc) is 3.32. The van der Waals surface area contributed by atoms with Gasteiger partial charge in [0.1, 0.15) is 18.1 Å². The van der Waals surface area contributed by atoms with Crippen LogP contribution in [0.3, 0.4) is 0 Å². The third kappa shape index (κ3) is 5.06. The van der Waals surface area contributed by atoms with Crippen molar-refractivity contribution >= 4 is 17.6 Å². The van der Waals surface area contributed by atoms with Gasteiger partial charge in [-0.3, -0.25) is 4.79 Å². The summed E-state index contributed by atoms with van der Waals surface area (Å²) in [5.41, 5.74) is 2.25. The second kappa shape index (κ2) is 10.4. The number of benzene rings is 2. The molecule has 1 unspecified atom stereocenters. The van der Waals surface area contributed by atoms with E-state index in [4.69, 9.17) is 4.74 Å². The van der Waals surface area contributed by atoms with Crippen LogP contribution in [0.15, 0.2) is 66.9 Å². The molecule has 3 amide bonds. The Balaban J connectivity index is 1.53. The van der Waals surface area contributed by atoms with E-state index in [1.807, 2.05) is 31.3 Å². The van der Waals surface area contributed by atoms with E-state index in [0.717, 1.165) is 5.69 Å². The molecule has 0 bridgehead atoms. The molecule has 4 rings (SSSR count). The van der Waals surface area contributed by atoms with E-state index in [1.54, 1.807) is 42.3 Å². The minimum absolute atomic E-state index is 0.0671. The van der Waals surface area contributed by atoms with Gasteiger partial charge in [0.25, 0.3) is 0 Å². The number of rotatable bonds is 7. The molecule has 0 spiro atoms. The van der Waals surface area contributed by atoms with Gasteiger partial charge in [-0.15, -0.1) is 0 Å². The number of methoxy groups -OCH3 is 1. The predicted octanol–water partition coefficient (Wildman–Crippen LogP) is 4.51. The van der Waals surface area contributed by atoms with Gasteiger partial charge in [0.2, 0.25) is 5.91 Å². The molecule has 0 radical (unpaired) electrons. The molecule has 2 aromatic carbocycles. The largest absolute Gasteiger partial charge is 0.497 e. The van der Waals surface area contributed by atoms with E-state index >= 15 is 0 Å². The van der Waals surface area contributed by atoms with E-state index in [-0.39, 0.29) is 24.3 Å². The first-order valence-corrected chi connectivity index (χ1v) is 11.4. The van der Waals surface area contributed by atoms with Crippen molar-refractivity contribution in [3.63, 3.8) is 0 Å². The number of fused-ring (bicyclic) bond motifs is 1. The van der Waals surface area contributed by atoms with Gasteiger partial charge in [0, 0.05) is 37.2 Å². The van der Waals surface area contributed by atoms with Crippen molar-refractivity contribution in [3.05, 3.63) is 83.9 Å². The standard InChI is InChI=1S/C26H29FN4O3/c1-3-13-30(26(33)28-21-9-11-22(34-2)12-10-21)18-24(32)31-16-15-29-14-5-8-23(29)25(31)19-6-4-7-20(27)17-19/h4-12,14,17,25H,3,13,15-16,18H2,1-2H3,(H,28,33). The first-order chi connectivity index (χ1) is 16.5. The van der Waals surface area contributed by atoms with Crippen LogP contribution in [-0.4, -0.2) is 53.0 Å². The molecule has 7 nitrogen and oxygen atoms in total. The lowest BCUT2D eigenvalue weighted by Gasteiger charge is -2.38. The fraction of sp³-hybridized carbons (Fsp3) is 0.308. The molecule has 1 aliphatic rings. The van der Waals surface area contributed by atoms with Crippen LogP contribution in [0.1, 0.15) is 30.6 Å². The molecule has 178 valence electrons. The first-order valence-electron chi connectivity index (χ1n) is 11.4. The third-order valence-electron chi connectivity index (χ3n) is 5.97. The molecule has 3 aromatic rings. The molecule has 8 heteroatoms. The maximum Gasteiger partial charge on any atom is 0.322 e. The summed E-state index contributed by atoms with van der Waals surface area (Å²) < 4.78 is 21.3. The first kappa shape index (κ1) is 23.4. The molecule has 0 saturated heterocycles. The van der Waals surface area contributed by atoms with Crippen LogP contribution >= 0.6 is 0 Å². The van der Waals surface area contributed by atoms with E-state index < -0.39 is 6.04 Å². The number of carbonyl (C=O) groups is 2. The van der Waals surface area contributed by atoms with Crippen molar-refractivity contribution in [2.75, 3.05) is 32.1 Å². The van der Waals surface area contributed by atoms with Crippen molar-refractivity contribution in [1.29, 1.82) is 0 Å². The van der Waals surface area contributed by atoms with Crippen LogP contribution in [0.2, 0.25) is 0 Å². The summed E-state index contributed by atoms with van der Waals surface area (Å²) in [5, 5.41) is 2.86. The number of ether oxygens (including phenoxy) is 1. The SMILES string of the molecule is CCCN(CC(=O)N1CCn2cccc2C1c1cccc(F)c1)C(=O)Nc1ccc(OC)cc1. The molecule has 1 atom stereocenters. The van der Waals surface area contributed by atoms with Gasteiger partial charge in [0.05, 0.1) is 13.2 Å². The summed E-state index contributed by atoms with van der Waals surface area (Å²) in [4.78, 5) is 29.8. The molecule has 1 aliphatic heterocycles. The zero-order valence-corrected chi connectivity index (χ0v) is 19.4. The normalized spacial score (nSPS) is 14.9. The molecular weight excluding hydrogens is 435 g/mol. The Morgan fingerprint density at radius 2 is 1.91 bits per heavy atom. The smallest absolute Gasteiger partial charge is 0.322 e. The van der Waals surface area contributed by atoms with Gasteiger partial charge in [-0.1, -0.05) is 19.1 Å². The molecule has 0 aliphatic carbocycles. The lowest BCUT2D eigenvalue weighted by Crippen LogP contribution is -2.48. The monoisotopic (exact) mass is 464 g/mol. The molecular formula is C26H29FN4O3. The number of carbonyl (C=O) groups excluding carboxylic acids is 2. The van der Waals surface area contributed by atoms with Crippen LogP contribution in [-0.2, 0) is 11.3 Å². The van der Waals surface area contributed by atoms with Crippen LogP contribution in [0, 0.1) is 5.82 Å². The highest BCUT2D eigenvalue weighted by Crippen LogP contribution is 2.33. The summed E-state index contributed by atoms with van der Waals surface area (Å²) in [6, 6.07) is 16.5. The zero-order chi connectivity index (χ0) is 24.1. The Labute approximate surface area is 198 Å². The van der Waals surface area contributed by atoms with Gasteiger partial charge in [-0.25, -0.2) is 9.18 Å². The number of anilines is 1. The minimum atomic E-state index is -0.417. The van der Waals surface area contributed by atoms with E-state index in [0.29, 0.717) is 43.1 Å². The summed E-state index contributed by atoms with van der Waals surface area (Å²) in [6.07, 6.45) is 2.68. The summed E-state index contributed by atoms with van der Waals surface area (Å²) in [6.45, 7) is 3.44. The summed E-state index contributed by atoms with van der Waals surface area (Å²) >= 11 is 0. The number of amides is 3. The van der Waals surface area contributed by atoms with Crippen LogP contribution in [0.4, 0.5) is 14.9 Å². The topological polar surface area (TPSA) is 66.8 Å². The molecule has 2 heterocycles. The van der Waals surface area contributed by atoms with Gasteiger partial charge in [-0.05, 0) is 60.5 Å². The minimum Gasteiger partial charge on any atom is -0.497 e. The molecule has 0 saturated carbocycles. The van der Waals surface area contributed by atoms with E-state index in [2.05, 4.69) is 9.88 Å². The highest BCUT2D eigenvalue weighted by atomic mass is 19.1. The second-order valence-corrected chi connectivity index (χ2v) is 8.25. The number of hydrogen-bond acceptors (Lipinski definition) is 3. The van der Waals surface area contributed by atoms with Crippen molar-refractivity contribution in [2.24, 2.45) is 0 Å². The van der Waals surface area contributed by atoms with Crippen LogP contribution in [0.25, 0.3) is 0 Å². The van der Waals surface area contributed by atoms with Gasteiger partial charge >= 0.3 is 6.03 Å². The van der Waals surface area contributed by atoms with Gasteiger partial charge in [-0.2, -0.15) is 0 Å². The lowest BCUT2D eigenvalue weighted by atomic mass is 9.99. The Hall–Kier alpha value is -3.81. The lowest BCUT2D eigenvalue weighted by molar-refractivity contribution is -0.134. The molecule has 0 fully saturated rings. The zero-order valence-electron chi connectivity index (χ0n) is 19.4. The summed E-state index contributed by atoms with van der Waals surface area (Å²) in [5.74, 6) is 0.164. The maximum absolute atomic E-state index is 14.0.